The van der Waals surface area contributed by atoms with Crippen LogP contribution in [0, 0.1) is 5.92 Å². The van der Waals surface area contributed by atoms with E-state index < -0.39 is 5.79 Å². The molecule has 0 aromatic carbocycles. The molecule has 3 nitrogen and oxygen atoms in total. The van der Waals surface area contributed by atoms with Crippen LogP contribution in [0.25, 0.3) is 0 Å². The van der Waals surface area contributed by atoms with Gasteiger partial charge in [0.25, 0.3) is 0 Å². The van der Waals surface area contributed by atoms with E-state index in [1.807, 2.05) is 20.8 Å². The largest absolute Gasteiger partial charge is 0.371 e. The SMILES string of the molecule is CCOC12C=CC(C1)C(OCC)(OCC)C2. The van der Waals surface area contributed by atoms with Crippen molar-refractivity contribution in [2.45, 2.75) is 45.0 Å². The van der Waals surface area contributed by atoms with Crippen molar-refractivity contribution < 1.29 is 14.2 Å². The normalized spacial score (nSPS) is 34.8. The number of ether oxygens (including phenoxy) is 3. The maximum atomic E-state index is 5.88. The molecule has 3 heteroatoms. The lowest BCUT2D eigenvalue weighted by atomic mass is 9.97. The van der Waals surface area contributed by atoms with Gasteiger partial charge in [0.05, 0.1) is 5.60 Å². The first-order chi connectivity index (χ1) is 7.70. The summed E-state index contributed by atoms with van der Waals surface area (Å²) in [5.41, 5.74) is -0.135. The molecule has 92 valence electrons. The van der Waals surface area contributed by atoms with Crippen molar-refractivity contribution in [1.82, 2.24) is 0 Å². The van der Waals surface area contributed by atoms with Crippen molar-refractivity contribution in [1.29, 1.82) is 0 Å². The maximum Gasteiger partial charge on any atom is 0.177 e. The minimum atomic E-state index is -0.437. The molecular weight excluding hydrogens is 204 g/mol. The summed E-state index contributed by atoms with van der Waals surface area (Å²) in [7, 11) is 0. The molecule has 0 saturated heterocycles. The third-order valence-corrected chi connectivity index (χ3v) is 3.52. The quantitative estimate of drug-likeness (QED) is 0.514. The van der Waals surface area contributed by atoms with E-state index in [2.05, 4.69) is 12.2 Å². The summed E-state index contributed by atoms with van der Waals surface area (Å²) < 4.78 is 17.6. The van der Waals surface area contributed by atoms with E-state index in [1.54, 1.807) is 0 Å². The van der Waals surface area contributed by atoms with Gasteiger partial charge < -0.3 is 14.2 Å². The van der Waals surface area contributed by atoms with Gasteiger partial charge in [0, 0.05) is 32.2 Å². The minimum Gasteiger partial charge on any atom is -0.371 e. The summed E-state index contributed by atoms with van der Waals surface area (Å²) in [6, 6.07) is 0. The Labute approximate surface area is 97.8 Å². The zero-order chi connectivity index (χ0) is 11.6. The standard InChI is InChI=1S/C13H22O3/c1-4-14-12-8-7-11(9-12)13(10-12,15-5-2)16-6-3/h7-8,11H,4-6,9-10H2,1-3H3. The zero-order valence-electron chi connectivity index (χ0n) is 10.5. The van der Waals surface area contributed by atoms with Gasteiger partial charge in [-0.15, -0.1) is 0 Å². The highest BCUT2D eigenvalue weighted by Crippen LogP contribution is 2.53. The van der Waals surface area contributed by atoms with Crippen molar-refractivity contribution in [3.63, 3.8) is 0 Å². The Bertz CT molecular complexity index is 268. The summed E-state index contributed by atoms with van der Waals surface area (Å²) in [6.07, 6.45) is 6.22. The topological polar surface area (TPSA) is 27.7 Å². The first-order valence-corrected chi connectivity index (χ1v) is 6.31. The molecule has 0 N–H and O–H groups in total. The van der Waals surface area contributed by atoms with Gasteiger partial charge in [0.2, 0.25) is 0 Å². The van der Waals surface area contributed by atoms with Crippen LogP contribution in [0.5, 0.6) is 0 Å². The van der Waals surface area contributed by atoms with Crippen LogP contribution in [-0.4, -0.2) is 31.2 Å². The van der Waals surface area contributed by atoms with E-state index in [-0.39, 0.29) is 5.60 Å². The van der Waals surface area contributed by atoms with Crippen LogP contribution < -0.4 is 0 Å². The number of fused-ring (bicyclic) bond motifs is 2. The van der Waals surface area contributed by atoms with Crippen LogP contribution in [0.4, 0.5) is 0 Å². The lowest BCUT2D eigenvalue weighted by Crippen LogP contribution is -2.43. The van der Waals surface area contributed by atoms with Gasteiger partial charge in [0.15, 0.2) is 5.79 Å². The molecule has 1 fully saturated rings. The summed E-state index contributed by atoms with van der Waals surface area (Å²) in [6.45, 7) is 8.19. The first-order valence-electron chi connectivity index (χ1n) is 6.31. The zero-order valence-corrected chi connectivity index (χ0v) is 10.5. The van der Waals surface area contributed by atoms with Crippen molar-refractivity contribution >= 4 is 0 Å². The van der Waals surface area contributed by atoms with Crippen molar-refractivity contribution in [3.05, 3.63) is 12.2 Å². The first kappa shape index (κ1) is 12.1. The minimum absolute atomic E-state index is 0.135. The van der Waals surface area contributed by atoms with Crippen molar-refractivity contribution in [2.75, 3.05) is 19.8 Å². The van der Waals surface area contributed by atoms with Gasteiger partial charge in [-0.2, -0.15) is 0 Å². The third-order valence-electron chi connectivity index (χ3n) is 3.52. The van der Waals surface area contributed by atoms with Gasteiger partial charge in [-0.25, -0.2) is 0 Å². The predicted octanol–water partition coefficient (Wildman–Crippen LogP) is 2.51. The van der Waals surface area contributed by atoms with E-state index in [0.29, 0.717) is 19.1 Å². The second kappa shape index (κ2) is 4.47. The molecule has 0 amide bonds. The molecule has 0 heterocycles. The molecule has 2 rings (SSSR count). The molecule has 2 aliphatic carbocycles. The maximum absolute atomic E-state index is 5.88. The Balaban J connectivity index is 2.16. The molecule has 0 aromatic heterocycles. The summed E-state index contributed by atoms with van der Waals surface area (Å²) >= 11 is 0. The smallest absolute Gasteiger partial charge is 0.177 e. The highest BCUT2D eigenvalue weighted by atomic mass is 16.7. The van der Waals surface area contributed by atoms with E-state index in [4.69, 9.17) is 14.2 Å². The lowest BCUT2D eigenvalue weighted by molar-refractivity contribution is -0.252. The van der Waals surface area contributed by atoms with Gasteiger partial charge in [-0.3, -0.25) is 0 Å². The highest BCUT2D eigenvalue weighted by Gasteiger charge is 2.58. The molecule has 16 heavy (non-hydrogen) atoms. The molecule has 2 unspecified atom stereocenters. The van der Waals surface area contributed by atoms with Crippen LogP contribution in [0.2, 0.25) is 0 Å². The van der Waals surface area contributed by atoms with Gasteiger partial charge in [0.1, 0.15) is 0 Å². The fourth-order valence-electron chi connectivity index (χ4n) is 3.07. The molecule has 0 spiro atoms. The molecule has 2 atom stereocenters. The van der Waals surface area contributed by atoms with Gasteiger partial charge >= 0.3 is 0 Å². The molecule has 0 radical (unpaired) electrons. The van der Waals surface area contributed by atoms with Crippen LogP contribution >= 0.6 is 0 Å². The number of hydrogen-bond acceptors (Lipinski definition) is 3. The Hall–Kier alpha value is -0.380. The van der Waals surface area contributed by atoms with E-state index >= 15 is 0 Å². The van der Waals surface area contributed by atoms with E-state index in [1.165, 1.54) is 0 Å². The lowest BCUT2D eigenvalue weighted by Gasteiger charge is -2.36. The average molecular weight is 226 g/mol. The van der Waals surface area contributed by atoms with Crippen molar-refractivity contribution in [2.24, 2.45) is 5.92 Å². The highest BCUT2D eigenvalue weighted by molar-refractivity contribution is 5.24. The fourth-order valence-corrected chi connectivity index (χ4v) is 3.07. The molecular formula is C13H22O3. The Morgan fingerprint density at radius 2 is 1.69 bits per heavy atom. The van der Waals surface area contributed by atoms with E-state index in [9.17, 15) is 0 Å². The number of rotatable bonds is 6. The van der Waals surface area contributed by atoms with Gasteiger partial charge in [-0.1, -0.05) is 12.2 Å². The second-order valence-electron chi connectivity index (χ2n) is 4.52. The predicted molar refractivity (Wildman–Crippen MR) is 62.2 cm³/mol. The van der Waals surface area contributed by atoms with E-state index in [0.717, 1.165) is 19.4 Å². The number of hydrogen-bond donors (Lipinski definition) is 0. The average Bonchev–Trinajstić information content (AvgIpc) is 2.75. The van der Waals surface area contributed by atoms with Crippen LogP contribution in [-0.2, 0) is 14.2 Å². The van der Waals surface area contributed by atoms with Gasteiger partial charge in [-0.05, 0) is 27.2 Å². The Morgan fingerprint density at radius 3 is 2.25 bits per heavy atom. The summed E-state index contributed by atoms with van der Waals surface area (Å²) in [5, 5.41) is 0. The van der Waals surface area contributed by atoms with Crippen molar-refractivity contribution in [3.8, 4) is 0 Å². The van der Waals surface area contributed by atoms with Crippen LogP contribution in [0.1, 0.15) is 33.6 Å². The third kappa shape index (κ3) is 1.81. The molecule has 2 aliphatic rings. The molecule has 2 bridgehead atoms. The second-order valence-corrected chi connectivity index (χ2v) is 4.52. The summed E-state index contributed by atoms with van der Waals surface area (Å²) in [4.78, 5) is 0. The molecule has 1 saturated carbocycles. The monoisotopic (exact) mass is 226 g/mol. The Morgan fingerprint density at radius 1 is 1.06 bits per heavy atom. The molecule has 0 aromatic rings. The van der Waals surface area contributed by atoms with Crippen LogP contribution in [0.3, 0.4) is 0 Å². The summed E-state index contributed by atoms with van der Waals surface area (Å²) in [5.74, 6) is -0.0908. The fraction of sp³-hybridized carbons (Fsp3) is 0.846. The van der Waals surface area contributed by atoms with Crippen LogP contribution in [0.15, 0.2) is 12.2 Å². The Kier molecular flexibility index (Phi) is 3.38. The molecule has 0 aliphatic heterocycles.